The molecule has 0 spiro atoms. The van der Waals surface area contributed by atoms with Crippen LogP contribution in [-0.2, 0) is 11.2 Å². The number of carboxylic acid groups (broad SMARTS) is 1. The topological polar surface area (TPSA) is 78.4 Å². The molecule has 1 atom stereocenters. The van der Waals surface area contributed by atoms with Gasteiger partial charge in [-0.15, -0.1) is 0 Å². The molecule has 0 saturated heterocycles. The van der Waals surface area contributed by atoms with Crippen molar-refractivity contribution >= 4 is 12.0 Å². The molecule has 5 nitrogen and oxygen atoms in total. The molecule has 21 heavy (non-hydrogen) atoms. The summed E-state index contributed by atoms with van der Waals surface area (Å²) in [5.74, 6) is -0.785. The van der Waals surface area contributed by atoms with Crippen LogP contribution in [0.2, 0.25) is 0 Å². The number of benzene rings is 1. The van der Waals surface area contributed by atoms with Gasteiger partial charge in [-0.1, -0.05) is 44.2 Å². The third-order valence-corrected chi connectivity index (χ3v) is 3.08. The van der Waals surface area contributed by atoms with Crippen LogP contribution in [0.4, 0.5) is 4.79 Å². The van der Waals surface area contributed by atoms with E-state index in [1.807, 2.05) is 44.2 Å². The minimum absolute atomic E-state index is 0.212. The first-order valence-corrected chi connectivity index (χ1v) is 7.30. The second-order valence-electron chi connectivity index (χ2n) is 5.51. The number of amides is 2. The van der Waals surface area contributed by atoms with Crippen LogP contribution in [0.25, 0.3) is 0 Å². The van der Waals surface area contributed by atoms with Crippen LogP contribution in [0.3, 0.4) is 0 Å². The van der Waals surface area contributed by atoms with Crippen molar-refractivity contribution in [1.82, 2.24) is 10.6 Å². The molecule has 0 aliphatic carbocycles. The molecule has 0 saturated carbocycles. The Hall–Kier alpha value is -2.04. The molecular formula is C16H24N2O3. The molecule has 0 aliphatic rings. The van der Waals surface area contributed by atoms with Gasteiger partial charge >= 0.3 is 12.0 Å². The van der Waals surface area contributed by atoms with E-state index in [-0.39, 0.29) is 5.92 Å². The van der Waals surface area contributed by atoms with Crippen molar-refractivity contribution in [2.75, 3.05) is 6.54 Å². The van der Waals surface area contributed by atoms with Crippen molar-refractivity contribution < 1.29 is 14.7 Å². The van der Waals surface area contributed by atoms with E-state index in [0.717, 1.165) is 12.8 Å². The molecule has 0 aliphatic heterocycles. The monoisotopic (exact) mass is 292 g/mol. The molecule has 0 bridgehead atoms. The fourth-order valence-electron chi connectivity index (χ4n) is 2.04. The Morgan fingerprint density at radius 2 is 1.86 bits per heavy atom. The maximum atomic E-state index is 11.7. The fourth-order valence-corrected chi connectivity index (χ4v) is 2.04. The highest BCUT2D eigenvalue weighted by Crippen LogP contribution is 2.05. The molecule has 3 N–H and O–H groups in total. The van der Waals surface area contributed by atoms with Crippen LogP contribution < -0.4 is 10.6 Å². The number of aliphatic carboxylic acids is 1. The van der Waals surface area contributed by atoms with E-state index in [1.54, 1.807) is 0 Å². The van der Waals surface area contributed by atoms with Gasteiger partial charge in [-0.2, -0.15) is 0 Å². The summed E-state index contributed by atoms with van der Waals surface area (Å²) in [6.45, 7) is 4.37. The Labute approximate surface area is 125 Å². The zero-order valence-corrected chi connectivity index (χ0v) is 12.6. The zero-order valence-electron chi connectivity index (χ0n) is 12.6. The Morgan fingerprint density at radius 3 is 2.43 bits per heavy atom. The SMILES string of the molecule is CC(C)C[C@H](NC(=O)NCCCc1ccccc1)C(=O)O. The van der Waals surface area contributed by atoms with E-state index in [0.29, 0.717) is 13.0 Å². The average Bonchev–Trinajstić information content (AvgIpc) is 2.43. The van der Waals surface area contributed by atoms with Crippen molar-refractivity contribution in [3.8, 4) is 0 Å². The van der Waals surface area contributed by atoms with Gasteiger partial charge in [-0.05, 0) is 30.7 Å². The first kappa shape index (κ1) is 17.0. The van der Waals surface area contributed by atoms with Gasteiger partial charge in [0.05, 0.1) is 0 Å². The van der Waals surface area contributed by atoms with Gasteiger partial charge in [0, 0.05) is 6.54 Å². The lowest BCUT2D eigenvalue weighted by atomic mass is 10.0. The second-order valence-corrected chi connectivity index (χ2v) is 5.51. The van der Waals surface area contributed by atoms with E-state index >= 15 is 0 Å². The van der Waals surface area contributed by atoms with Crippen molar-refractivity contribution in [2.24, 2.45) is 5.92 Å². The molecule has 1 aromatic rings. The van der Waals surface area contributed by atoms with Crippen LogP contribution in [0.15, 0.2) is 30.3 Å². The summed E-state index contributed by atoms with van der Waals surface area (Å²) in [6, 6.07) is 8.77. The van der Waals surface area contributed by atoms with Crippen molar-refractivity contribution in [2.45, 2.75) is 39.2 Å². The number of carboxylic acids is 1. The predicted molar refractivity (Wildman–Crippen MR) is 82.2 cm³/mol. The molecular weight excluding hydrogens is 268 g/mol. The van der Waals surface area contributed by atoms with Gasteiger partial charge in [-0.25, -0.2) is 9.59 Å². The highest BCUT2D eigenvalue weighted by atomic mass is 16.4. The Morgan fingerprint density at radius 1 is 1.19 bits per heavy atom. The van der Waals surface area contributed by atoms with Crippen molar-refractivity contribution in [1.29, 1.82) is 0 Å². The number of aryl methyl sites for hydroxylation is 1. The summed E-state index contributed by atoms with van der Waals surface area (Å²) >= 11 is 0. The van der Waals surface area contributed by atoms with E-state index in [2.05, 4.69) is 10.6 Å². The average molecular weight is 292 g/mol. The van der Waals surface area contributed by atoms with Gasteiger partial charge in [-0.3, -0.25) is 0 Å². The minimum atomic E-state index is -0.997. The maximum Gasteiger partial charge on any atom is 0.326 e. The number of carbonyl (C=O) groups is 2. The summed E-state index contributed by atoms with van der Waals surface area (Å²) in [7, 11) is 0. The molecule has 0 radical (unpaired) electrons. The Kier molecular flexibility index (Phi) is 7.29. The molecule has 116 valence electrons. The molecule has 5 heteroatoms. The van der Waals surface area contributed by atoms with Crippen molar-refractivity contribution in [3.05, 3.63) is 35.9 Å². The number of carbonyl (C=O) groups excluding carboxylic acids is 1. The Balaban J connectivity index is 2.25. The Bertz CT molecular complexity index is 446. The highest BCUT2D eigenvalue weighted by molar-refractivity contribution is 5.82. The van der Waals surface area contributed by atoms with Crippen LogP contribution in [0.5, 0.6) is 0 Å². The molecule has 0 heterocycles. The van der Waals surface area contributed by atoms with Gasteiger partial charge in [0.25, 0.3) is 0 Å². The zero-order chi connectivity index (χ0) is 15.7. The van der Waals surface area contributed by atoms with Gasteiger partial charge in [0.1, 0.15) is 6.04 Å². The molecule has 1 aromatic carbocycles. The normalized spacial score (nSPS) is 12.0. The fraction of sp³-hybridized carbons (Fsp3) is 0.500. The quantitative estimate of drug-likeness (QED) is 0.644. The largest absolute Gasteiger partial charge is 0.480 e. The molecule has 0 aromatic heterocycles. The number of nitrogens with one attached hydrogen (secondary N) is 2. The second kappa shape index (κ2) is 9.00. The lowest BCUT2D eigenvalue weighted by Gasteiger charge is -2.16. The van der Waals surface area contributed by atoms with E-state index in [4.69, 9.17) is 5.11 Å². The van der Waals surface area contributed by atoms with Crippen LogP contribution in [0, 0.1) is 5.92 Å². The number of urea groups is 1. The molecule has 2 amide bonds. The summed E-state index contributed by atoms with van der Waals surface area (Å²) in [5, 5.41) is 14.2. The first-order valence-electron chi connectivity index (χ1n) is 7.30. The number of hydrogen-bond acceptors (Lipinski definition) is 2. The smallest absolute Gasteiger partial charge is 0.326 e. The predicted octanol–water partition coefficient (Wildman–Crippen LogP) is 2.42. The summed E-state index contributed by atoms with van der Waals surface area (Å²) < 4.78 is 0. The molecule has 0 fully saturated rings. The lowest BCUT2D eigenvalue weighted by Crippen LogP contribution is -2.46. The van der Waals surface area contributed by atoms with Crippen LogP contribution >= 0.6 is 0 Å². The highest BCUT2D eigenvalue weighted by Gasteiger charge is 2.20. The number of rotatable bonds is 8. The van der Waals surface area contributed by atoms with E-state index < -0.39 is 18.0 Å². The third-order valence-electron chi connectivity index (χ3n) is 3.08. The van der Waals surface area contributed by atoms with E-state index in [9.17, 15) is 9.59 Å². The lowest BCUT2D eigenvalue weighted by molar-refractivity contribution is -0.139. The number of hydrogen-bond donors (Lipinski definition) is 3. The van der Waals surface area contributed by atoms with Crippen LogP contribution in [0.1, 0.15) is 32.3 Å². The van der Waals surface area contributed by atoms with E-state index in [1.165, 1.54) is 5.56 Å². The summed E-state index contributed by atoms with van der Waals surface area (Å²) in [6.07, 6.45) is 2.13. The van der Waals surface area contributed by atoms with Crippen LogP contribution in [-0.4, -0.2) is 29.7 Å². The maximum absolute atomic E-state index is 11.7. The standard InChI is InChI=1S/C16H24N2O3/c1-12(2)11-14(15(19)20)18-16(21)17-10-6-9-13-7-4-3-5-8-13/h3-5,7-8,12,14H,6,9-11H2,1-2H3,(H,19,20)(H2,17,18,21)/t14-/m0/s1. The molecule has 1 rings (SSSR count). The summed E-state index contributed by atoms with van der Waals surface area (Å²) in [5.41, 5.74) is 1.22. The minimum Gasteiger partial charge on any atom is -0.480 e. The van der Waals surface area contributed by atoms with Gasteiger partial charge in [0.2, 0.25) is 0 Å². The van der Waals surface area contributed by atoms with Gasteiger partial charge in [0.15, 0.2) is 0 Å². The first-order chi connectivity index (χ1) is 9.99. The third kappa shape index (κ3) is 7.34. The van der Waals surface area contributed by atoms with Crippen molar-refractivity contribution in [3.63, 3.8) is 0 Å². The van der Waals surface area contributed by atoms with Gasteiger partial charge < -0.3 is 15.7 Å². The molecule has 0 unspecified atom stereocenters. The summed E-state index contributed by atoms with van der Waals surface area (Å²) in [4.78, 5) is 22.7.